The summed E-state index contributed by atoms with van der Waals surface area (Å²) in [5, 5.41) is 3.26. The number of fused-ring (bicyclic) bond motifs is 1. The standard InChI is InChI=1S/C10H13N3O2S/c14-16(15)12-5-6-13(16)9-1-2-10-8(7-9)3-4-11-10/h1-2,7,11-12H,3-6H2. The van der Waals surface area contributed by atoms with Gasteiger partial charge in [0.15, 0.2) is 0 Å². The molecule has 1 fully saturated rings. The normalized spacial score (nSPS) is 21.9. The fraction of sp³-hybridized carbons (Fsp3) is 0.400. The number of benzene rings is 1. The molecule has 1 aromatic rings. The van der Waals surface area contributed by atoms with Crippen LogP contribution in [0.25, 0.3) is 0 Å². The molecular formula is C10H13N3O2S. The molecule has 6 heteroatoms. The van der Waals surface area contributed by atoms with Crippen LogP contribution in [0.15, 0.2) is 18.2 Å². The lowest BCUT2D eigenvalue weighted by atomic mass is 10.1. The van der Waals surface area contributed by atoms with Crippen molar-refractivity contribution in [3.8, 4) is 0 Å². The number of anilines is 2. The molecule has 1 aromatic carbocycles. The van der Waals surface area contributed by atoms with E-state index in [0.29, 0.717) is 13.1 Å². The van der Waals surface area contributed by atoms with E-state index in [4.69, 9.17) is 0 Å². The van der Waals surface area contributed by atoms with E-state index in [1.165, 1.54) is 9.87 Å². The maximum atomic E-state index is 11.7. The number of nitrogens with one attached hydrogen (secondary N) is 2. The summed E-state index contributed by atoms with van der Waals surface area (Å²) in [6.07, 6.45) is 0.963. The van der Waals surface area contributed by atoms with E-state index in [1.807, 2.05) is 18.2 Å². The van der Waals surface area contributed by atoms with E-state index in [9.17, 15) is 8.42 Å². The van der Waals surface area contributed by atoms with Gasteiger partial charge in [-0.3, -0.25) is 4.31 Å². The van der Waals surface area contributed by atoms with Crippen LogP contribution in [0.2, 0.25) is 0 Å². The summed E-state index contributed by atoms with van der Waals surface area (Å²) >= 11 is 0. The van der Waals surface area contributed by atoms with Crippen LogP contribution in [-0.2, 0) is 16.6 Å². The molecule has 0 amide bonds. The molecule has 1 saturated heterocycles. The van der Waals surface area contributed by atoms with Crippen molar-refractivity contribution in [3.05, 3.63) is 23.8 Å². The molecule has 0 radical (unpaired) electrons. The molecule has 2 heterocycles. The van der Waals surface area contributed by atoms with Crippen LogP contribution in [0.3, 0.4) is 0 Å². The quantitative estimate of drug-likeness (QED) is 0.741. The zero-order valence-corrected chi connectivity index (χ0v) is 9.55. The van der Waals surface area contributed by atoms with Gasteiger partial charge in [-0.05, 0) is 30.2 Å². The van der Waals surface area contributed by atoms with Crippen LogP contribution in [0.1, 0.15) is 5.56 Å². The van der Waals surface area contributed by atoms with Crippen molar-refractivity contribution in [3.63, 3.8) is 0 Å². The predicted octanol–water partition coefficient (Wildman–Crippen LogP) is 0.309. The maximum absolute atomic E-state index is 11.7. The zero-order valence-electron chi connectivity index (χ0n) is 8.73. The van der Waals surface area contributed by atoms with Crippen molar-refractivity contribution in [1.29, 1.82) is 0 Å². The van der Waals surface area contributed by atoms with Crippen molar-refractivity contribution in [2.75, 3.05) is 29.3 Å². The lowest BCUT2D eigenvalue weighted by Gasteiger charge is -2.16. The Balaban J connectivity index is 2.01. The first-order valence-corrected chi connectivity index (χ1v) is 6.75. The molecule has 0 atom stereocenters. The van der Waals surface area contributed by atoms with Crippen LogP contribution >= 0.6 is 0 Å². The second-order valence-electron chi connectivity index (χ2n) is 3.99. The van der Waals surface area contributed by atoms with Crippen molar-refractivity contribution < 1.29 is 8.42 Å². The second-order valence-corrected chi connectivity index (χ2v) is 5.67. The summed E-state index contributed by atoms with van der Waals surface area (Å²) in [6.45, 7) is 1.93. The van der Waals surface area contributed by atoms with E-state index in [1.54, 1.807) is 0 Å². The highest BCUT2D eigenvalue weighted by atomic mass is 32.2. The summed E-state index contributed by atoms with van der Waals surface area (Å²) < 4.78 is 27.2. The molecule has 16 heavy (non-hydrogen) atoms. The van der Waals surface area contributed by atoms with Gasteiger partial charge >= 0.3 is 10.2 Å². The highest BCUT2D eigenvalue weighted by Crippen LogP contribution is 2.28. The van der Waals surface area contributed by atoms with E-state index in [-0.39, 0.29) is 0 Å². The van der Waals surface area contributed by atoms with Crippen LogP contribution in [-0.4, -0.2) is 28.1 Å². The van der Waals surface area contributed by atoms with Gasteiger partial charge in [0, 0.05) is 25.3 Å². The van der Waals surface area contributed by atoms with Gasteiger partial charge in [-0.15, -0.1) is 0 Å². The molecule has 0 bridgehead atoms. The Morgan fingerprint density at radius 2 is 2.12 bits per heavy atom. The Morgan fingerprint density at radius 3 is 2.88 bits per heavy atom. The molecule has 0 spiro atoms. The maximum Gasteiger partial charge on any atom is 0.301 e. The van der Waals surface area contributed by atoms with Crippen LogP contribution in [0.5, 0.6) is 0 Å². The Morgan fingerprint density at radius 1 is 1.25 bits per heavy atom. The molecule has 5 nitrogen and oxygen atoms in total. The number of nitrogens with zero attached hydrogens (tertiary/aromatic N) is 1. The first-order chi connectivity index (χ1) is 7.67. The van der Waals surface area contributed by atoms with E-state index in [2.05, 4.69) is 10.0 Å². The number of hydrogen-bond donors (Lipinski definition) is 2. The number of hydrogen-bond acceptors (Lipinski definition) is 3. The molecule has 0 unspecified atom stereocenters. The molecule has 2 aliphatic rings. The van der Waals surface area contributed by atoms with Gasteiger partial charge in [-0.1, -0.05) is 0 Å². The number of rotatable bonds is 1. The average molecular weight is 239 g/mol. The SMILES string of the molecule is O=S1(=O)NCCN1c1ccc2c(c1)CCN2. The summed E-state index contributed by atoms with van der Waals surface area (Å²) in [6, 6.07) is 5.76. The highest BCUT2D eigenvalue weighted by Gasteiger charge is 2.28. The topological polar surface area (TPSA) is 61.4 Å². The molecular weight excluding hydrogens is 226 g/mol. The van der Waals surface area contributed by atoms with Gasteiger partial charge in [0.05, 0.1) is 5.69 Å². The fourth-order valence-corrected chi connectivity index (χ4v) is 3.42. The largest absolute Gasteiger partial charge is 0.384 e. The van der Waals surface area contributed by atoms with Gasteiger partial charge < -0.3 is 5.32 Å². The Kier molecular flexibility index (Phi) is 2.08. The summed E-state index contributed by atoms with van der Waals surface area (Å²) in [5.41, 5.74) is 3.07. The molecule has 3 rings (SSSR count). The van der Waals surface area contributed by atoms with E-state index < -0.39 is 10.2 Å². The predicted molar refractivity (Wildman–Crippen MR) is 62.9 cm³/mol. The smallest absolute Gasteiger partial charge is 0.301 e. The summed E-state index contributed by atoms with van der Waals surface area (Å²) in [4.78, 5) is 0. The van der Waals surface area contributed by atoms with Gasteiger partial charge in [-0.2, -0.15) is 13.1 Å². The van der Waals surface area contributed by atoms with Gasteiger partial charge in [0.2, 0.25) is 0 Å². The molecule has 86 valence electrons. The van der Waals surface area contributed by atoms with E-state index in [0.717, 1.165) is 24.3 Å². The second kappa shape index (κ2) is 3.36. The third-order valence-electron chi connectivity index (χ3n) is 2.98. The Hall–Kier alpha value is -1.27. The Labute approximate surface area is 94.6 Å². The van der Waals surface area contributed by atoms with Crippen LogP contribution < -0.4 is 14.3 Å². The zero-order chi connectivity index (χ0) is 11.2. The molecule has 0 aliphatic carbocycles. The lowest BCUT2D eigenvalue weighted by Crippen LogP contribution is -2.29. The van der Waals surface area contributed by atoms with Gasteiger partial charge in [0.25, 0.3) is 0 Å². The first kappa shape index (κ1) is 9.92. The van der Waals surface area contributed by atoms with E-state index >= 15 is 0 Å². The van der Waals surface area contributed by atoms with Crippen LogP contribution in [0.4, 0.5) is 11.4 Å². The molecule has 0 aromatic heterocycles. The molecule has 2 aliphatic heterocycles. The fourth-order valence-electron chi connectivity index (χ4n) is 2.19. The summed E-state index contributed by atoms with van der Waals surface area (Å²) in [7, 11) is -3.29. The minimum Gasteiger partial charge on any atom is -0.384 e. The van der Waals surface area contributed by atoms with Crippen molar-refractivity contribution in [2.24, 2.45) is 0 Å². The lowest BCUT2D eigenvalue weighted by molar-refractivity contribution is 0.591. The monoisotopic (exact) mass is 239 g/mol. The van der Waals surface area contributed by atoms with Gasteiger partial charge in [0.1, 0.15) is 0 Å². The minimum absolute atomic E-state index is 0.484. The van der Waals surface area contributed by atoms with Crippen molar-refractivity contribution >= 4 is 21.6 Å². The minimum atomic E-state index is -3.29. The molecule has 2 N–H and O–H groups in total. The average Bonchev–Trinajstić information content (AvgIpc) is 2.82. The third-order valence-corrected chi connectivity index (χ3v) is 4.52. The molecule has 0 saturated carbocycles. The van der Waals surface area contributed by atoms with Crippen molar-refractivity contribution in [2.45, 2.75) is 6.42 Å². The highest BCUT2D eigenvalue weighted by molar-refractivity contribution is 7.91. The van der Waals surface area contributed by atoms with Crippen molar-refractivity contribution in [1.82, 2.24) is 4.72 Å². The first-order valence-electron chi connectivity index (χ1n) is 5.31. The van der Waals surface area contributed by atoms with Gasteiger partial charge in [-0.25, -0.2) is 0 Å². The Bertz CT molecular complexity index is 527. The van der Waals surface area contributed by atoms with Crippen LogP contribution in [0, 0.1) is 0 Å². The third kappa shape index (κ3) is 1.45. The summed E-state index contributed by atoms with van der Waals surface area (Å²) in [5.74, 6) is 0.